The van der Waals surface area contributed by atoms with E-state index in [0.29, 0.717) is 5.46 Å². The topological polar surface area (TPSA) is 53.6 Å². The first-order chi connectivity index (χ1) is 9.72. The summed E-state index contributed by atoms with van der Waals surface area (Å²) in [5.74, 6) is 0.911. The van der Waals surface area contributed by atoms with Crippen LogP contribution in [0.2, 0.25) is 0 Å². The van der Waals surface area contributed by atoms with Crippen molar-refractivity contribution in [2.75, 3.05) is 0 Å². The highest BCUT2D eigenvalue weighted by Gasteiger charge is 2.12. The third-order valence-electron chi connectivity index (χ3n) is 3.39. The quantitative estimate of drug-likeness (QED) is 0.709. The van der Waals surface area contributed by atoms with Crippen LogP contribution < -0.4 is 5.46 Å². The van der Waals surface area contributed by atoms with Gasteiger partial charge in [0.2, 0.25) is 0 Å². The molecule has 0 saturated heterocycles. The lowest BCUT2D eigenvalue weighted by atomic mass is 9.80. The van der Waals surface area contributed by atoms with E-state index in [2.05, 4.69) is 12.1 Å². The van der Waals surface area contributed by atoms with Gasteiger partial charge in [0.05, 0.1) is 0 Å². The minimum Gasteiger partial charge on any atom is -0.461 e. The zero-order chi connectivity index (χ0) is 13.9. The van der Waals surface area contributed by atoms with Gasteiger partial charge >= 0.3 is 7.12 Å². The molecule has 0 bridgehead atoms. The van der Waals surface area contributed by atoms with E-state index in [1.165, 1.54) is 5.56 Å². The molecule has 4 heteroatoms. The SMILES string of the molecule is OB(O)c1ccc2oc(CCc3ccccc3)cc2c1. The number of hydrogen-bond donors (Lipinski definition) is 2. The van der Waals surface area contributed by atoms with E-state index in [9.17, 15) is 0 Å². The predicted octanol–water partition coefficient (Wildman–Crippen LogP) is 1.90. The Balaban J connectivity index is 1.79. The Morgan fingerprint density at radius 2 is 1.70 bits per heavy atom. The summed E-state index contributed by atoms with van der Waals surface area (Å²) in [6.45, 7) is 0. The summed E-state index contributed by atoms with van der Waals surface area (Å²) in [5.41, 5.74) is 2.53. The fourth-order valence-electron chi connectivity index (χ4n) is 2.31. The predicted molar refractivity (Wildman–Crippen MR) is 79.9 cm³/mol. The minimum absolute atomic E-state index is 0.480. The van der Waals surface area contributed by atoms with Crippen LogP contribution in [0.1, 0.15) is 11.3 Å². The van der Waals surface area contributed by atoms with E-state index in [-0.39, 0.29) is 0 Å². The Bertz CT molecular complexity index is 704. The van der Waals surface area contributed by atoms with Crippen LogP contribution in [0.25, 0.3) is 11.0 Å². The van der Waals surface area contributed by atoms with E-state index in [1.807, 2.05) is 24.3 Å². The largest absolute Gasteiger partial charge is 0.488 e. The van der Waals surface area contributed by atoms with Gasteiger partial charge in [-0.3, -0.25) is 0 Å². The minimum atomic E-state index is -1.44. The molecule has 3 aromatic rings. The van der Waals surface area contributed by atoms with Crippen LogP contribution in [0.4, 0.5) is 0 Å². The molecule has 3 nitrogen and oxygen atoms in total. The first-order valence-electron chi connectivity index (χ1n) is 6.65. The van der Waals surface area contributed by atoms with Gasteiger partial charge < -0.3 is 14.5 Å². The Hall–Kier alpha value is -2.04. The van der Waals surface area contributed by atoms with Crippen molar-refractivity contribution in [1.82, 2.24) is 0 Å². The number of benzene rings is 2. The third-order valence-corrected chi connectivity index (χ3v) is 3.39. The maximum atomic E-state index is 9.17. The highest BCUT2D eigenvalue weighted by atomic mass is 16.4. The molecule has 2 aromatic carbocycles. The van der Waals surface area contributed by atoms with Gasteiger partial charge in [0.15, 0.2) is 0 Å². The molecule has 0 unspecified atom stereocenters. The van der Waals surface area contributed by atoms with Crippen LogP contribution in [0.15, 0.2) is 59.0 Å². The number of furan rings is 1. The molecule has 0 aliphatic carbocycles. The first kappa shape index (κ1) is 13.0. The monoisotopic (exact) mass is 266 g/mol. The highest BCUT2D eigenvalue weighted by Crippen LogP contribution is 2.19. The average molecular weight is 266 g/mol. The first-order valence-corrected chi connectivity index (χ1v) is 6.65. The van der Waals surface area contributed by atoms with Gasteiger partial charge in [0.1, 0.15) is 11.3 Å². The molecule has 0 aliphatic rings. The van der Waals surface area contributed by atoms with Crippen LogP contribution in [0.5, 0.6) is 0 Å². The normalized spacial score (nSPS) is 10.9. The molecule has 0 spiro atoms. The smallest absolute Gasteiger partial charge is 0.461 e. The molecule has 0 amide bonds. The van der Waals surface area contributed by atoms with Crippen molar-refractivity contribution in [2.45, 2.75) is 12.8 Å². The molecular formula is C16H15BO3. The fraction of sp³-hybridized carbons (Fsp3) is 0.125. The number of hydrogen-bond acceptors (Lipinski definition) is 3. The van der Waals surface area contributed by atoms with Gasteiger partial charge in [-0.05, 0) is 29.6 Å². The van der Waals surface area contributed by atoms with Gasteiger partial charge in [-0.15, -0.1) is 0 Å². The van der Waals surface area contributed by atoms with Crippen LogP contribution in [0, 0.1) is 0 Å². The summed E-state index contributed by atoms with van der Waals surface area (Å²) < 4.78 is 5.76. The molecule has 100 valence electrons. The van der Waals surface area contributed by atoms with Crippen molar-refractivity contribution >= 4 is 23.6 Å². The van der Waals surface area contributed by atoms with Crippen molar-refractivity contribution in [3.63, 3.8) is 0 Å². The van der Waals surface area contributed by atoms with Crippen molar-refractivity contribution in [3.05, 3.63) is 65.9 Å². The van der Waals surface area contributed by atoms with Crippen molar-refractivity contribution in [2.24, 2.45) is 0 Å². The van der Waals surface area contributed by atoms with Gasteiger partial charge in [-0.25, -0.2) is 0 Å². The lowest BCUT2D eigenvalue weighted by molar-refractivity contribution is 0.426. The second-order valence-corrected chi connectivity index (χ2v) is 4.87. The lowest BCUT2D eigenvalue weighted by Gasteiger charge is -1.98. The lowest BCUT2D eigenvalue weighted by Crippen LogP contribution is -2.29. The molecule has 0 aliphatic heterocycles. The van der Waals surface area contributed by atoms with E-state index < -0.39 is 7.12 Å². The molecule has 0 atom stereocenters. The summed E-state index contributed by atoms with van der Waals surface area (Å²) in [7, 11) is -1.44. The van der Waals surface area contributed by atoms with Crippen LogP contribution in [-0.2, 0) is 12.8 Å². The van der Waals surface area contributed by atoms with Crippen LogP contribution >= 0.6 is 0 Å². The van der Waals surface area contributed by atoms with Crippen LogP contribution in [0.3, 0.4) is 0 Å². The summed E-state index contributed by atoms with van der Waals surface area (Å²) >= 11 is 0. The Kier molecular flexibility index (Phi) is 3.59. The molecule has 1 aromatic heterocycles. The zero-order valence-corrected chi connectivity index (χ0v) is 11.0. The standard InChI is InChI=1S/C16H15BO3/c18-17(19)14-7-9-16-13(10-14)11-15(20-16)8-6-12-4-2-1-3-5-12/h1-5,7,9-11,18-19H,6,8H2. The Labute approximate surface area is 117 Å². The van der Waals surface area contributed by atoms with Gasteiger partial charge in [0.25, 0.3) is 0 Å². The van der Waals surface area contributed by atoms with E-state index >= 15 is 0 Å². The van der Waals surface area contributed by atoms with E-state index in [0.717, 1.165) is 29.6 Å². The van der Waals surface area contributed by atoms with Crippen molar-refractivity contribution in [1.29, 1.82) is 0 Å². The Morgan fingerprint density at radius 1 is 0.900 bits per heavy atom. The van der Waals surface area contributed by atoms with Crippen LogP contribution in [-0.4, -0.2) is 17.2 Å². The van der Waals surface area contributed by atoms with Gasteiger partial charge in [-0.2, -0.15) is 0 Å². The average Bonchev–Trinajstić information content (AvgIpc) is 2.88. The summed E-state index contributed by atoms with van der Waals surface area (Å²) in [6.07, 6.45) is 1.76. The second-order valence-electron chi connectivity index (χ2n) is 4.87. The summed E-state index contributed by atoms with van der Waals surface area (Å²) in [5, 5.41) is 19.2. The number of aryl methyl sites for hydroxylation is 2. The van der Waals surface area contributed by atoms with Crippen molar-refractivity contribution in [3.8, 4) is 0 Å². The zero-order valence-electron chi connectivity index (χ0n) is 11.0. The maximum absolute atomic E-state index is 9.17. The molecule has 0 saturated carbocycles. The molecule has 0 radical (unpaired) electrons. The summed E-state index contributed by atoms with van der Waals surface area (Å²) in [6, 6.07) is 17.4. The molecule has 20 heavy (non-hydrogen) atoms. The highest BCUT2D eigenvalue weighted by molar-refractivity contribution is 6.58. The van der Waals surface area contributed by atoms with Gasteiger partial charge in [0, 0.05) is 11.8 Å². The maximum Gasteiger partial charge on any atom is 0.488 e. The van der Waals surface area contributed by atoms with Crippen molar-refractivity contribution < 1.29 is 14.5 Å². The Morgan fingerprint density at radius 3 is 2.45 bits per heavy atom. The molecule has 1 heterocycles. The van der Waals surface area contributed by atoms with E-state index in [4.69, 9.17) is 14.5 Å². The summed E-state index contributed by atoms with van der Waals surface area (Å²) in [4.78, 5) is 0. The molecular weight excluding hydrogens is 251 g/mol. The molecule has 0 fully saturated rings. The number of rotatable bonds is 4. The van der Waals surface area contributed by atoms with E-state index in [1.54, 1.807) is 18.2 Å². The molecule has 2 N–H and O–H groups in total. The van der Waals surface area contributed by atoms with Gasteiger partial charge in [-0.1, -0.05) is 42.5 Å². The number of fused-ring (bicyclic) bond motifs is 1. The third kappa shape index (κ3) is 2.76. The fourth-order valence-corrected chi connectivity index (χ4v) is 2.31. The molecule has 3 rings (SSSR count). The second kappa shape index (κ2) is 5.53.